The Morgan fingerprint density at radius 2 is 1.90 bits per heavy atom. The van der Waals surface area contributed by atoms with E-state index in [0.717, 1.165) is 29.5 Å². The number of rotatable bonds is 9. The molecular formula is C18H25NO2. The number of aliphatic hydroxyl groups is 1. The van der Waals surface area contributed by atoms with Crippen LogP contribution in [0.4, 0.5) is 0 Å². The summed E-state index contributed by atoms with van der Waals surface area (Å²) in [5.74, 6) is 0.832. The highest BCUT2D eigenvalue weighted by molar-refractivity contribution is 5.88. The van der Waals surface area contributed by atoms with Gasteiger partial charge >= 0.3 is 0 Å². The van der Waals surface area contributed by atoms with Crippen molar-refractivity contribution >= 4 is 10.8 Å². The van der Waals surface area contributed by atoms with Crippen molar-refractivity contribution < 1.29 is 9.84 Å². The molecule has 0 unspecified atom stereocenters. The summed E-state index contributed by atoms with van der Waals surface area (Å²) >= 11 is 0. The molecule has 0 heterocycles. The molecule has 0 saturated heterocycles. The van der Waals surface area contributed by atoms with Crippen molar-refractivity contribution in [1.29, 1.82) is 0 Å². The summed E-state index contributed by atoms with van der Waals surface area (Å²) in [7, 11) is 0. The molecule has 1 atom stereocenters. The Kier molecular flexibility index (Phi) is 6.51. The first-order valence-electron chi connectivity index (χ1n) is 7.80. The maximum absolute atomic E-state index is 9.95. The summed E-state index contributed by atoms with van der Waals surface area (Å²) in [4.78, 5) is 0. The van der Waals surface area contributed by atoms with E-state index in [9.17, 15) is 5.11 Å². The Hall–Kier alpha value is -1.58. The molecular weight excluding hydrogens is 262 g/mol. The predicted octanol–water partition coefficient (Wildman–Crippen LogP) is 3.36. The molecule has 2 N–H and O–H groups in total. The van der Waals surface area contributed by atoms with Gasteiger partial charge in [0.2, 0.25) is 0 Å². The minimum atomic E-state index is -0.481. The van der Waals surface area contributed by atoms with E-state index in [1.165, 1.54) is 12.8 Å². The molecule has 2 aromatic rings. The van der Waals surface area contributed by atoms with Gasteiger partial charge in [0.1, 0.15) is 18.5 Å². The molecule has 2 rings (SSSR count). The van der Waals surface area contributed by atoms with E-state index in [1.807, 2.05) is 30.3 Å². The normalized spacial score (nSPS) is 12.5. The van der Waals surface area contributed by atoms with E-state index in [2.05, 4.69) is 24.4 Å². The molecule has 0 aromatic heterocycles. The highest BCUT2D eigenvalue weighted by atomic mass is 16.5. The largest absolute Gasteiger partial charge is 0.490 e. The lowest BCUT2D eigenvalue weighted by Gasteiger charge is -2.14. The molecule has 0 amide bonds. The molecule has 0 fully saturated rings. The molecule has 0 aliphatic carbocycles. The zero-order valence-corrected chi connectivity index (χ0v) is 12.7. The van der Waals surface area contributed by atoms with Crippen molar-refractivity contribution in [2.45, 2.75) is 32.3 Å². The third-order valence-corrected chi connectivity index (χ3v) is 3.52. The van der Waals surface area contributed by atoms with E-state index < -0.39 is 6.10 Å². The lowest BCUT2D eigenvalue weighted by molar-refractivity contribution is 0.107. The molecule has 3 heteroatoms. The van der Waals surface area contributed by atoms with E-state index >= 15 is 0 Å². The maximum Gasteiger partial charge on any atom is 0.127 e. The van der Waals surface area contributed by atoms with Gasteiger partial charge in [0.25, 0.3) is 0 Å². The van der Waals surface area contributed by atoms with Gasteiger partial charge in [-0.15, -0.1) is 0 Å². The van der Waals surface area contributed by atoms with Gasteiger partial charge in [-0.25, -0.2) is 0 Å². The zero-order valence-electron chi connectivity index (χ0n) is 12.7. The number of unbranched alkanes of at least 4 members (excludes halogenated alkanes) is 2. The Bertz CT molecular complexity index is 536. The van der Waals surface area contributed by atoms with Gasteiger partial charge < -0.3 is 15.2 Å². The summed E-state index contributed by atoms with van der Waals surface area (Å²) in [5.41, 5.74) is 0. The number of fused-ring (bicyclic) bond motifs is 1. The lowest BCUT2D eigenvalue weighted by atomic mass is 10.1. The Balaban J connectivity index is 1.79. The topological polar surface area (TPSA) is 41.5 Å². The Labute approximate surface area is 126 Å². The summed E-state index contributed by atoms with van der Waals surface area (Å²) < 4.78 is 5.77. The average Bonchev–Trinajstić information content (AvgIpc) is 2.52. The molecule has 0 radical (unpaired) electrons. The van der Waals surface area contributed by atoms with Crippen LogP contribution in [0.25, 0.3) is 10.8 Å². The van der Waals surface area contributed by atoms with Crippen LogP contribution in [0.1, 0.15) is 26.2 Å². The van der Waals surface area contributed by atoms with E-state index in [0.29, 0.717) is 13.2 Å². The molecule has 0 saturated carbocycles. The lowest BCUT2D eigenvalue weighted by Crippen LogP contribution is -2.32. The summed E-state index contributed by atoms with van der Waals surface area (Å²) in [5, 5.41) is 15.5. The number of ether oxygens (including phenoxy) is 1. The molecule has 114 valence electrons. The van der Waals surface area contributed by atoms with Crippen LogP contribution in [-0.4, -0.2) is 30.9 Å². The van der Waals surface area contributed by atoms with Crippen LogP contribution in [0.3, 0.4) is 0 Å². The first kappa shape index (κ1) is 15.8. The fourth-order valence-electron chi connectivity index (χ4n) is 2.34. The van der Waals surface area contributed by atoms with Gasteiger partial charge in [-0.05, 0) is 24.4 Å². The van der Waals surface area contributed by atoms with Crippen molar-refractivity contribution in [1.82, 2.24) is 5.32 Å². The van der Waals surface area contributed by atoms with E-state index in [4.69, 9.17) is 4.74 Å². The smallest absolute Gasteiger partial charge is 0.127 e. The van der Waals surface area contributed by atoms with Crippen LogP contribution in [0.5, 0.6) is 5.75 Å². The van der Waals surface area contributed by atoms with Gasteiger partial charge in [0.05, 0.1) is 0 Å². The second-order valence-corrected chi connectivity index (χ2v) is 5.35. The fourth-order valence-corrected chi connectivity index (χ4v) is 2.34. The summed E-state index contributed by atoms with van der Waals surface area (Å²) in [6.07, 6.45) is 3.13. The average molecular weight is 287 g/mol. The van der Waals surface area contributed by atoms with Crippen LogP contribution < -0.4 is 10.1 Å². The molecule has 2 aromatic carbocycles. The van der Waals surface area contributed by atoms with E-state index in [1.54, 1.807) is 0 Å². The highest BCUT2D eigenvalue weighted by Gasteiger charge is 2.06. The van der Waals surface area contributed by atoms with Crippen molar-refractivity contribution in [3.63, 3.8) is 0 Å². The summed E-state index contributed by atoms with van der Waals surface area (Å²) in [6, 6.07) is 14.1. The standard InChI is InChI=1S/C18H25NO2/c1-2-3-6-12-19-13-16(20)14-21-18-11-7-9-15-8-4-5-10-17(15)18/h4-5,7-11,16,19-20H,2-3,6,12-14H2,1H3/t16-/m1/s1. The van der Waals surface area contributed by atoms with Crippen LogP contribution in [0, 0.1) is 0 Å². The predicted molar refractivity (Wildman–Crippen MR) is 87.8 cm³/mol. The molecule has 21 heavy (non-hydrogen) atoms. The number of hydrogen-bond donors (Lipinski definition) is 2. The maximum atomic E-state index is 9.95. The monoisotopic (exact) mass is 287 g/mol. The fraction of sp³-hybridized carbons (Fsp3) is 0.444. The SMILES string of the molecule is CCCCCNC[C@@H](O)COc1cccc2ccccc12. The Morgan fingerprint density at radius 3 is 2.76 bits per heavy atom. The van der Waals surface area contributed by atoms with Gasteiger partial charge in [0, 0.05) is 11.9 Å². The van der Waals surface area contributed by atoms with Gasteiger partial charge in [-0.1, -0.05) is 56.2 Å². The second-order valence-electron chi connectivity index (χ2n) is 5.35. The van der Waals surface area contributed by atoms with Gasteiger partial charge in [-0.3, -0.25) is 0 Å². The number of aliphatic hydroxyl groups excluding tert-OH is 1. The molecule has 0 spiro atoms. The first-order chi connectivity index (χ1) is 10.3. The molecule has 0 aliphatic heterocycles. The third kappa shape index (κ3) is 5.03. The minimum Gasteiger partial charge on any atom is -0.490 e. The zero-order chi connectivity index (χ0) is 14.9. The molecule has 0 bridgehead atoms. The van der Waals surface area contributed by atoms with Crippen LogP contribution in [0.15, 0.2) is 42.5 Å². The number of hydrogen-bond acceptors (Lipinski definition) is 3. The van der Waals surface area contributed by atoms with Crippen molar-refractivity contribution in [3.05, 3.63) is 42.5 Å². The van der Waals surface area contributed by atoms with Gasteiger partial charge in [-0.2, -0.15) is 0 Å². The first-order valence-corrected chi connectivity index (χ1v) is 7.80. The van der Waals surface area contributed by atoms with Crippen molar-refractivity contribution in [2.24, 2.45) is 0 Å². The highest BCUT2D eigenvalue weighted by Crippen LogP contribution is 2.25. The van der Waals surface area contributed by atoms with E-state index in [-0.39, 0.29) is 0 Å². The summed E-state index contributed by atoms with van der Waals surface area (Å²) in [6.45, 7) is 4.04. The number of nitrogens with one attached hydrogen (secondary N) is 1. The van der Waals surface area contributed by atoms with Crippen LogP contribution >= 0.6 is 0 Å². The van der Waals surface area contributed by atoms with Crippen molar-refractivity contribution in [2.75, 3.05) is 19.7 Å². The van der Waals surface area contributed by atoms with Crippen LogP contribution in [-0.2, 0) is 0 Å². The minimum absolute atomic E-state index is 0.314. The Morgan fingerprint density at radius 1 is 1.10 bits per heavy atom. The molecule has 0 aliphatic rings. The third-order valence-electron chi connectivity index (χ3n) is 3.52. The number of benzene rings is 2. The second kappa shape index (κ2) is 8.65. The van der Waals surface area contributed by atoms with Crippen LogP contribution in [0.2, 0.25) is 0 Å². The quantitative estimate of drug-likeness (QED) is 0.695. The van der Waals surface area contributed by atoms with Crippen molar-refractivity contribution in [3.8, 4) is 5.75 Å². The van der Waals surface area contributed by atoms with Gasteiger partial charge in [0.15, 0.2) is 0 Å². The molecule has 3 nitrogen and oxygen atoms in total.